The molecule has 4 heteroatoms. The molecular weight excluding hydrogens is 262 g/mol. The summed E-state index contributed by atoms with van der Waals surface area (Å²) in [4.78, 5) is 13.3. The van der Waals surface area contributed by atoms with Crippen LogP contribution in [0.15, 0.2) is 18.2 Å². The maximum Gasteiger partial charge on any atom is 0.335 e. The van der Waals surface area contributed by atoms with E-state index in [0.717, 1.165) is 18.7 Å². The van der Waals surface area contributed by atoms with Crippen molar-refractivity contribution in [3.63, 3.8) is 0 Å². The molecule has 0 spiro atoms. The molecule has 1 aromatic carbocycles. The van der Waals surface area contributed by atoms with E-state index in [1.807, 2.05) is 6.07 Å². The molecule has 0 heterocycles. The van der Waals surface area contributed by atoms with E-state index >= 15 is 0 Å². The summed E-state index contributed by atoms with van der Waals surface area (Å²) in [6.07, 6.45) is 5.15. The summed E-state index contributed by atoms with van der Waals surface area (Å²) in [7, 11) is 0. The van der Waals surface area contributed by atoms with E-state index in [4.69, 9.17) is 16.7 Å². The molecule has 0 bridgehead atoms. The fourth-order valence-electron chi connectivity index (χ4n) is 2.80. The molecule has 1 aliphatic carbocycles. The van der Waals surface area contributed by atoms with Crippen molar-refractivity contribution in [2.24, 2.45) is 0 Å². The van der Waals surface area contributed by atoms with Gasteiger partial charge in [0.2, 0.25) is 0 Å². The zero-order valence-electron chi connectivity index (χ0n) is 11.2. The van der Waals surface area contributed by atoms with Crippen LogP contribution in [-0.4, -0.2) is 28.6 Å². The smallest absolute Gasteiger partial charge is 0.335 e. The first kappa shape index (κ1) is 14.4. The van der Waals surface area contributed by atoms with Crippen molar-refractivity contribution in [2.75, 3.05) is 6.54 Å². The monoisotopic (exact) mass is 281 g/mol. The van der Waals surface area contributed by atoms with Gasteiger partial charge in [-0.1, -0.05) is 37.4 Å². The van der Waals surface area contributed by atoms with E-state index in [-0.39, 0.29) is 5.56 Å². The van der Waals surface area contributed by atoms with E-state index in [1.165, 1.54) is 25.7 Å². The standard InChI is InChI=1S/C15H20ClNO2/c1-2-17(13-5-3-4-6-13)10-12-8-7-11(15(18)19)9-14(12)16/h7-9,13H,2-6,10H2,1H3,(H,18,19). The summed E-state index contributed by atoms with van der Waals surface area (Å²) < 4.78 is 0. The molecule has 0 aliphatic heterocycles. The van der Waals surface area contributed by atoms with Crippen molar-refractivity contribution < 1.29 is 9.90 Å². The molecule has 0 saturated heterocycles. The molecule has 19 heavy (non-hydrogen) atoms. The van der Waals surface area contributed by atoms with Crippen LogP contribution < -0.4 is 0 Å². The first-order chi connectivity index (χ1) is 9.11. The van der Waals surface area contributed by atoms with Crippen molar-refractivity contribution >= 4 is 17.6 Å². The van der Waals surface area contributed by atoms with Crippen LogP contribution in [0.1, 0.15) is 48.5 Å². The number of hydrogen-bond acceptors (Lipinski definition) is 2. The largest absolute Gasteiger partial charge is 0.478 e. The average Bonchev–Trinajstić information content (AvgIpc) is 2.91. The number of rotatable bonds is 5. The highest BCUT2D eigenvalue weighted by Gasteiger charge is 2.22. The highest BCUT2D eigenvalue weighted by Crippen LogP contribution is 2.27. The van der Waals surface area contributed by atoms with Crippen LogP contribution >= 0.6 is 11.6 Å². The Kier molecular flexibility index (Phi) is 4.83. The quantitative estimate of drug-likeness (QED) is 0.892. The van der Waals surface area contributed by atoms with E-state index < -0.39 is 5.97 Å². The van der Waals surface area contributed by atoms with Gasteiger partial charge < -0.3 is 5.11 Å². The van der Waals surface area contributed by atoms with Crippen LogP contribution in [0.3, 0.4) is 0 Å². The van der Waals surface area contributed by atoms with E-state index in [2.05, 4.69) is 11.8 Å². The summed E-state index contributed by atoms with van der Waals surface area (Å²) >= 11 is 6.19. The molecule has 104 valence electrons. The van der Waals surface area contributed by atoms with Crippen LogP contribution in [-0.2, 0) is 6.54 Å². The van der Waals surface area contributed by atoms with Gasteiger partial charge in [-0.15, -0.1) is 0 Å². The maximum absolute atomic E-state index is 10.9. The number of halogens is 1. The average molecular weight is 282 g/mol. The summed E-state index contributed by atoms with van der Waals surface area (Å²) in [6, 6.07) is 5.66. The molecule has 1 aromatic rings. The van der Waals surface area contributed by atoms with Gasteiger partial charge in [-0.3, -0.25) is 4.90 Å². The van der Waals surface area contributed by atoms with Gasteiger partial charge in [-0.2, -0.15) is 0 Å². The summed E-state index contributed by atoms with van der Waals surface area (Å²) in [5.74, 6) is -0.934. The number of carbonyl (C=O) groups is 1. The molecule has 1 N–H and O–H groups in total. The lowest BCUT2D eigenvalue weighted by Crippen LogP contribution is -2.32. The summed E-state index contributed by atoms with van der Waals surface area (Å²) in [5.41, 5.74) is 1.26. The third-order valence-corrected chi connectivity index (χ3v) is 4.27. The SMILES string of the molecule is CCN(Cc1ccc(C(=O)O)cc1Cl)C1CCCC1. The highest BCUT2D eigenvalue weighted by atomic mass is 35.5. The second-order valence-electron chi connectivity index (χ2n) is 5.11. The molecule has 1 aliphatic rings. The normalized spacial score (nSPS) is 16.2. The van der Waals surface area contributed by atoms with Gasteiger partial charge in [0.1, 0.15) is 0 Å². The Balaban J connectivity index is 2.10. The maximum atomic E-state index is 10.9. The molecule has 1 fully saturated rings. The molecule has 0 aromatic heterocycles. The van der Waals surface area contributed by atoms with Gasteiger partial charge in [0.05, 0.1) is 5.56 Å². The van der Waals surface area contributed by atoms with Crippen LogP contribution in [0.25, 0.3) is 0 Å². The molecule has 2 rings (SSSR count). The van der Waals surface area contributed by atoms with E-state index in [0.29, 0.717) is 11.1 Å². The molecule has 3 nitrogen and oxygen atoms in total. The van der Waals surface area contributed by atoms with Gasteiger partial charge in [0.25, 0.3) is 0 Å². The topological polar surface area (TPSA) is 40.5 Å². The molecular formula is C15H20ClNO2. The molecule has 0 amide bonds. The number of carboxylic acids is 1. The minimum atomic E-state index is -0.934. The second-order valence-corrected chi connectivity index (χ2v) is 5.52. The zero-order chi connectivity index (χ0) is 13.8. The van der Waals surface area contributed by atoms with Crippen molar-refractivity contribution in [1.29, 1.82) is 0 Å². The number of benzene rings is 1. The molecule has 0 atom stereocenters. The van der Waals surface area contributed by atoms with Gasteiger partial charge >= 0.3 is 5.97 Å². The predicted molar refractivity (Wildman–Crippen MR) is 76.8 cm³/mol. The van der Waals surface area contributed by atoms with Gasteiger partial charge in [0.15, 0.2) is 0 Å². The summed E-state index contributed by atoms with van der Waals surface area (Å²) in [6.45, 7) is 3.97. The van der Waals surface area contributed by atoms with Crippen LogP contribution in [0, 0.1) is 0 Å². The predicted octanol–water partition coefficient (Wildman–Crippen LogP) is 3.80. The number of carboxylic acid groups (broad SMARTS) is 1. The Hall–Kier alpha value is -1.06. The Morgan fingerprint density at radius 2 is 2.11 bits per heavy atom. The minimum Gasteiger partial charge on any atom is -0.478 e. The lowest BCUT2D eigenvalue weighted by atomic mass is 10.1. The van der Waals surface area contributed by atoms with Gasteiger partial charge in [-0.05, 0) is 37.1 Å². The number of aromatic carboxylic acids is 1. The Morgan fingerprint density at radius 1 is 1.42 bits per heavy atom. The Morgan fingerprint density at radius 3 is 2.63 bits per heavy atom. The Bertz CT molecular complexity index is 455. The second kappa shape index (κ2) is 6.40. The molecule has 1 saturated carbocycles. The van der Waals surface area contributed by atoms with E-state index in [9.17, 15) is 4.79 Å². The van der Waals surface area contributed by atoms with Crippen molar-refractivity contribution in [1.82, 2.24) is 4.90 Å². The first-order valence-electron chi connectivity index (χ1n) is 6.87. The number of hydrogen-bond donors (Lipinski definition) is 1. The summed E-state index contributed by atoms with van der Waals surface area (Å²) in [5, 5.41) is 9.48. The van der Waals surface area contributed by atoms with Crippen LogP contribution in [0.2, 0.25) is 5.02 Å². The van der Waals surface area contributed by atoms with Gasteiger partial charge in [-0.25, -0.2) is 4.79 Å². The lowest BCUT2D eigenvalue weighted by molar-refractivity contribution is 0.0697. The van der Waals surface area contributed by atoms with Gasteiger partial charge in [0, 0.05) is 17.6 Å². The first-order valence-corrected chi connectivity index (χ1v) is 7.25. The van der Waals surface area contributed by atoms with E-state index in [1.54, 1.807) is 12.1 Å². The molecule has 0 unspecified atom stereocenters. The van der Waals surface area contributed by atoms with Crippen molar-refractivity contribution in [2.45, 2.75) is 45.2 Å². The van der Waals surface area contributed by atoms with Crippen LogP contribution in [0.5, 0.6) is 0 Å². The third-order valence-electron chi connectivity index (χ3n) is 3.92. The fourth-order valence-corrected chi connectivity index (χ4v) is 3.04. The highest BCUT2D eigenvalue weighted by molar-refractivity contribution is 6.31. The minimum absolute atomic E-state index is 0.248. The van der Waals surface area contributed by atoms with Crippen molar-refractivity contribution in [3.05, 3.63) is 34.3 Å². The number of nitrogens with zero attached hydrogens (tertiary/aromatic N) is 1. The fraction of sp³-hybridized carbons (Fsp3) is 0.533. The molecule has 0 radical (unpaired) electrons. The third kappa shape index (κ3) is 3.48. The van der Waals surface area contributed by atoms with Crippen molar-refractivity contribution in [3.8, 4) is 0 Å². The van der Waals surface area contributed by atoms with Crippen LogP contribution in [0.4, 0.5) is 0 Å². The Labute approximate surface area is 119 Å². The zero-order valence-corrected chi connectivity index (χ0v) is 12.0. The lowest BCUT2D eigenvalue weighted by Gasteiger charge is -2.27.